The molecular weight excluding hydrogens is 388 g/mol. The molecule has 0 spiro atoms. The van der Waals surface area contributed by atoms with Crippen LogP contribution in [0.25, 0.3) is 0 Å². The molecule has 3 nitrogen and oxygen atoms in total. The van der Waals surface area contributed by atoms with Gasteiger partial charge in [0.1, 0.15) is 18.0 Å². The van der Waals surface area contributed by atoms with Crippen LogP contribution in [0.4, 0.5) is 0 Å². The van der Waals surface area contributed by atoms with Gasteiger partial charge in [-0.05, 0) is 41.3 Å². The fraction of sp³-hybridized carbons (Fsp3) is 0.667. The molecule has 2 saturated heterocycles. The van der Waals surface area contributed by atoms with Crippen LogP contribution in [-0.4, -0.2) is 30.5 Å². The summed E-state index contributed by atoms with van der Waals surface area (Å²) in [5, 5.41) is 0. The lowest BCUT2D eigenvalue weighted by molar-refractivity contribution is 0.0615. The highest BCUT2D eigenvalue weighted by Crippen LogP contribution is 2.57. The number of halogens is 2. The van der Waals surface area contributed by atoms with Gasteiger partial charge in [-0.1, -0.05) is 15.9 Å². The fourth-order valence-corrected chi connectivity index (χ4v) is 4.37. The van der Waals surface area contributed by atoms with Gasteiger partial charge < -0.3 is 14.2 Å². The Balaban J connectivity index is 1.44. The molecule has 1 saturated carbocycles. The van der Waals surface area contributed by atoms with Gasteiger partial charge in [0.05, 0.1) is 22.8 Å². The van der Waals surface area contributed by atoms with Crippen LogP contribution in [0.15, 0.2) is 27.0 Å². The quantitative estimate of drug-likeness (QED) is 0.532. The molecule has 0 N–H and O–H groups in total. The van der Waals surface area contributed by atoms with Crippen molar-refractivity contribution in [1.29, 1.82) is 0 Å². The van der Waals surface area contributed by atoms with Crippen molar-refractivity contribution in [3.8, 4) is 0 Å². The average molecular weight is 404 g/mol. The number of fused-ring (bicyclic) bond motifs is 1. The average Bonchev–Trinajstić information content (AvgIpc) is 3.28. The Morgan fingerprint density at radius 2 is 2.10 bits per heavy atom. The minimum absolute atomic E-state index is 0.0576. The molecule has 0 bridgehead atoms. The van der Waals surface area contributed by atoms with Gasteiger partial charge in [-0.2, -0.15) is 0 Å². The second-order valence-electron chi connectivity index (χ2n) is 5.95. The molecular formula is C15H16Br2O3. The van der Waals surface area contributed by atoms with Crippen LogP contribution < -0.4 is 0 Å². The van der Waals surface area contributed by atoms with Crippen molar-refractivity contribution in [1.82, 2.24) is 0 Å². The zero-order chi connectivity index (χ0) is 13.9. The van der Waals surface area contributed by atoms with E-state index in [1.807, 2.05) is 6.08 Å². The molecule has 20 heavy (non-hydrogen) atoms. The van der Waals surface area contributed by atoms with Crippen LogP contribution in [0.5, 0.6) is 0 Å². The van der Waals surface area contributed by atoms with E-state index in [0.29, 0.717) is 24.0 Å². The van der Waals surface area contributed by atoms with Crippen molar-refractivity contribution >= 4 is 31.9 Å². The van der Waals surface area contributed by atoms with Crippen molar-refractivity contribution in [2.75, 3.05) is 0 Å². The van der Waals surface area contributed by atoms with Crippen LogP contribution in [0.1, 0.15) is 19.8 Å². The molecule has 4 aliphatic rings. The highest BCUT2D eigenvalue weighted by atomic mass is 79.9. The first-order chi connectivity index (χ1) is 9.69. The summed E-state index contributed by atoms with van der Waals surface area (Å²) in [6.07, 6.45) is 5.22. The maximum atomic E-state index is 6.16. The van der Waals surface area contributed by atoms with Gasteiger partial charge >= 0.3 is 0 Å². The normalized spacial score (nSPS) is 48.5. The first-order valence-corrected chi connectivity index (χ1v) is 8.78. The van der Waals surface area contributed by atoms with Crippen molar-refractivity contribution in [2.24, 2.45) is 11.8 Å². The lowest BCUT2D eigenvalue weighted by Gasteiger charge is -2.09. The van der Waals surface area contributed by atoms with Crippen LogP contribution in [0.3, 0.4) is 0 Å². The minimum atomic E-state index is 0.0576. The number of allylic oxidation sites excluding steroid dienone is 1. The van der Waals surface area contributed by atoms with E-state index in [1.165, 1.54) is 6.42 Å². The van der Waals surface area contributed by atoms with E-state index >= 15 is 0 Å². The Bertz CT molecular complexity index is 523. The molecule has 7 unspecified atom stereocenters. The van der Waals surface area contributed by atoms with Crippen molar-refractivity contribution < 1.29 is 14.2 Å². The first kappa shape index (κ1) is 13.6. The highest BCUT2D eigenvalue weighted by Gasteiger charge is 2.58. The summed E-state index contributed by atoms with van der Waals surface area (Å²) in [7, 11) is 0. The lowest BCUT2D eigenvalue weighted by Crippen LogP contribution is -2.16. The predicted octanol–water partition coefficient (Wildman–Crippen LogP) is 3.64. The van der Waals surface area contributed by atoms with Gasteiger partial charge in [-0.25, -0.2) is 0 Å². The molecule has 3 fully saturated rings. The van der Waals surface area contributed by atoms with E-state index in [-0.39, 0.29) is 18.3 Å². The van der Waals surface area contributed by atoms with Crippen LogP contribution >= 0.6 is 31.9 Å². The van der Waals surface area contributed by atoms with Crippen LogP contribution in [-0.2, 0) is 14.2 Å². The molecule has 0 aromatic carbocycles. The minimum Gasteiger partial charge on any atom is -0.490 e. The molecule has 108 valence electrons. The molecule has 4 rings (SSSR count). The van der Waals surface area contributed by atoms with Gasteiger partial charge in [0.25, 0.3) is 0 Å². The molecule has 0 radical (unpaired) electrons. The topological polar surface area (TPSA) is 31.0 Å². The number of hydrogen-bond donors (Lipinski definition) is 0. The van der Waals surface area contributed by atoms with Gasteiger partial charge in [0.2, 0.25) is 0 Å². The van der Waals surface area contributed by atoms with E-state index < -0.39 is 0 Å². The molecule has 7 atom stereocenters. The maximum absolute atomic E-state index is 6.16. The van der Waals surface area contributed by atoms with Crippen molar-refractivity contribution in [3.63, 3.8) is 0 Å². The third kappa shape index (κ3) is 2.24. The summed E-state index contributed by atoms with van der Waals surface area (Å²) in [4.78, 5) is 1.72. The Labute approximate surface area is 135 Å². The zero-order valence-corrected chi connectivity index (χ0v) is 14.3. The highest BCUT2D eigenvalue weighted by molar-refractivity contribution is 9.11. The Hall–Kier alpha value is -0.0600. The molecule has 0 aromatic rings. The van der Waals surface area contributed by atoms with E-state index in [0.717, 1.165) is 16.7 Å². The predicted molar refractivity (Wildman–Crippen MR) is 81.6 cm³/mol. The second kappa shape index (κ2) is 4.99. The summed E-state index contributed by atoms with van der Waals surface area (Å²) in [5.74, 6) is 2.30. The number of hydrogen-bond acceptors (Lipinski definition) is 3. The molecule has 1 aliphatic carbocycles. The molecule has 0 aromatic heterocycles. The Kier molecular flexibility index (Phi) is 3.39. The summed E-state index contributed by atoms with van der Waals surface area (Å²) in [6.45, 7) is 2.14. The van der Waals surface area contributed by atoms with Gasteiger partial charge in [-0.15, -0.1) is 5.73 Å². The zero-order valence-electron chi connectivity index (χ0n) is 11.1. The third-order valence-corrected chi connectivity index (χ3v) is 5.70. The number of ether oxygens (including phenoxy) is 3. The Morgan fingerprint density at radius 1 is 1.30 bits per heavy atom. The van der Waals surface area contributed by atoms with Gasteiger partial charge in [0.15, 0.2) is 0 Å². The molecule has 3 heterocycles. The summed E-state index contributed by atoms with van der Waals surface area (Å²) < 4.78 is 18.9. The van der Waals surface area contributed by atoms with Crippen LogP contribution in [0.2, 0.25) is 0 Å². The van der Waals surface area contributed by atoms with Crippen LogP contribution in [0, 0.1) is 11.8 Å². The smallest absolute Gasteiger partial charge is 0.132 e. The standard InChI is InChI=1S/C15H16Br2O3/c1-7-13(18-7)9-6-10(9)14-12(17)15-11(20-14)5-8(19-15)3-2-4-16/h3-4,7-11,13,15H,5-6H2,1H3. The van der Waals surface area contributed by atoms with Gasteiger partial charge in [-0.3, -0.25) is 0 Å². The maximum Gasteiger partial charge on any atom is 0.132 e. The summed E-state index contributed by atoms with van der Waals surface area (Å²) in [5.41, 5.74) is 3.01. The summed E-state index contributed by atoms with van der Waals surface area (Å²) in [6, 6.07) is 0. The van der Waals surface area contributed by atoms with Gasteiger partial charge in [0, 0.05) is 17.3 Å². The first-order valence-electron chi connectivity index (χ1n) is 7.07. The monoisotopic (exact) mass is 402 g/mol. The lowest BCUT2D eigenvalue weighted by atomic mass is 10.1. The molecule has 5 heteroatoms. The van der Waals surface area contributed by atoms with E-state index in [9.17, 15) is 0 Å². The van der Waals surface area contributed by atoms with Crippen molar-refractivity contribution in [2.45, 2.75) is 50.3 Å². The van der Waals surface area contributed by atoms with Crippen molar-refractivity contribution in [3.05, 3.63) is 27.0 Å². The van der Waals surface area contributed by atoms with E-state index in [1.54, 1.807) is 4.99 Å². The van der Waals surface area contributed by atoms with E-state index in [4.69, 9.17) is 14.2 Å². The number of epoxide rings is 1. The Morgan fingerprint density at radius 3 is 2.75 bits per heavy atom. The number of rotatable bonds is 3. The molecule has 3 aliphatic heterocycles. The molecule has 0 amide bonds. The largest absolute Gasteiger partial charge is 0.490 e. The fourth-order valence-electron chi connectivity index (χ4n) is 3.42. The third-order valence-electron chi connectivity index (χ3n) is 4.59. The SMILES string of the molecule is CC1OC1C1CC1C1=C(Br)C2OC(C=C=CBr)CC2O1. The summed E-state index contributed by atoms with van der Waals surface area (Å²) >= 11 is 6.91. The second-order valence-corrected chi connectivity index (χ2v) is 7.27. The van der Waals surface area contributed by atoms with E-state index in [2.05, 4.69) is 44.5 Å².